The highest BCUT2D eigenvalue weighted by Gasteiger charge is 2.10. The summed E-state index contributed by atoms with van der Waals surface area (Å²) in [6.07, 6.45) is 5.05. The van der Waals surface area contributed by atoms with Gasteiger partial charge in [0.25, 0.3) is 0 Å². The molecule has 1 atom stereocenters. The molecular formula is C13H17BrFN. The van der Waals surface area contributed by atoms with Crippen molar-refractivity contribution in [2.75, 3.05) is 7.05 Å². The van der Waals surface area contributed by atoms with Gasteiger partial charge in [0.15, 0.2) is 0 Å². The van der Waals surface area contributed by atoms with Gasteiger partial charge in [0.05, 0.1) is 4.47 Å². The van der Waals surface area contributed by atoms with Gasteiger partial charge in [-0.15, -0.1) is 6.58 Å². The van der Waals surface area contributed by atoms with Gasteiger partial charge in [0, 0.05) is 6.04 Å². The highest BCUT2D eigenvalue weighted by Crippen LogP contribution is 2.24. The van der Waals surface area contributed by atoms with Crippen LogP contribution in [0.4, 0.5) is 4.39 Å². The van der Waals surface area contributed by atoms with E-state index in [2.05, 4.69) is 27.8 Å². The van der Waals surface area contributed by atoms with Crippen molar-refractivity contribution in [1.82, 2.24) is 5.32 Å². The zero-order valence-electron chi connectivity index (χ0n) is 9.47. The van der Waals surface area contributed by atoms with E-state index in [-0.39, 0.29) is 11.9 Å². The molecule has 1 N–H and O–H groups in total. The van der Waals surface area contributed by atoms with E-state index in [1.165, 1.54) is 6.07 Å². The summed E-state index contributed by atoms with van der Waals surface area (Å²) in [7, 11) is 1.93. The van der Waals surface area contributed by atoms with Crippen LogP contribution in [-0.4, -0.2) is 7.05 Å². The van der Waals surface area contributed by atoms with E-state index in [0.29, 0.717) is 4.47 Å². The molecule has 16 heavy (non-hydrogen) atoms. The van der Waals surface area contributed by atoms with Gasteiger partial charge < -0.3 is 5.32 Å². The van der Waals surface area contributed by atoms with Crippen molar-refractivity contribution in [2.45, 2.75) is 25.3 Å². The summed E-state index contributed by atoms with van der Waals surface area (Å²) < 4.78 is 13.6. The molecule has 1 nitrogen and oxygen atoms in total. The van der Waals surface area contributed by atoms with Crippen molar-refractivity contribution < 1.29 is 4.39 Å². The van der Waals surface area contributed by atoms with Crippen molar-refractivity contribution in [3.63, 3.8) is 0 Å². The van der Waals surface area contributed by atoms with E-state index in [9.17, 15) is 4.39 Å². The van der Waals surface area contributed by atoms with Gasteiger partial charge in [0.1, 0.15) is 5.82 Å². The van der Waals surface area contributed by atoms with Crippen LogP contribution < -0.4 is 5.32 Å². The second-order valence-electron chi connectivity index (χ2n) is 3.73. The van der Waals surface area contributed by atoms with Crippen molar-refractivity contribution >= 4 is 15.9 Å². The lowest BCUT2D eigenvalue weighted by atomic mass is 10.0. The highest BCUT2D eigenvalue weighted by atomic mass is 79.9. The van der Waals surface area contributed by atoms with Crippen molar-refractivity contribution in [1.29, 1.82) is 0 Å². The Balaban J connectivity index is 2.70. The molecule has 1 aromatic rings. The van der Waals surface area contributed by atoms with Gasteiger partial charge in [-0.2, -0.15) is 0 Å². The van der Waals surface area contributed by atoms with Crippen LogP contribution in [0.5, 0.6) is 0 Å². The largest absolute Gasteiger partial charge is 0.313 e. The fourth-order valence-electron chi connectivity index (χ4n) is 1.67. The second-order valence-corrected chi connectivity index (χ2v) is 4.59. The van der Waals surface area contributed by atoms with Crippen LogP contribution in [0.3, 0.4) is 0 Å². The maximum atomic E-state index is 13.1. The van der Waals surface area contributed by atoms with Gasteiger partial charge in [0.2, 0.25) is 0 Å². The quantitative estimate of drug-likeness (QED) is 0.610. The minimum absolute atomic E-state index is 0.218. The summed E-state index contributed by atoms with van der Waals surface area (Å²) in [6, 6.07) is 5.44. The lowest BCUT2D eigenvalue weighted by Gasteiger charge is -2.16. The van der Waals surface area contributed by atoms with E-state index in [1.54, 1.807) is 0 Å². The zero-order chi connectivity index (χ0) is 12.0. The molecule has 0 aliphatic carbocycles. The molecule has 0 saturated carbocycles. The third-order valence-electron chi connectivity index (χ3n) is 2.60. The second kappa shape index (κ2) is 6.81. The summed E-state index contributed by atoms with van der Waals surface area (Å²) in [5.74, 6) is -0.218. The predicted octanol–water partition coefficient (Wildman–Crippen LogP) is 4.21. The number of rotatable bonds is 6. The Labute approximate surface area is 105 Å². The van der Waals surface area contributed by atoms with Crippen LogP contribution in [0, 0.1) is 5.82 Å². The summed E-state index contributed by atoms with van der Waals surface area (Å²) in [5.41, 5.74) is 1.11. The van der Waals surface area contributed by atoms with E-state index in [4.69, 9.17) is 0 Å². The Kier molecular flexibility index (Phi) is 5.71. The molecule has 3 heteroatoms. The van der Waals surface area contributed by atoms with Crippen LogP contribution >= 0.6 is 15.9 Å². The zero-order valence-corrected chi connectivity index (χ0v) is 11.1. The monoisotopic (exact) mass is 285 g/mol. The number of allylic oxidation sites excluding steroid dienone is 1. The van der Waals surface area contributed by atoms with Gasteiger partial charge in [-0.3, -0.25) is 0 Å². The fraction of sp³-hybridized carbons (Fsp3) is 0.385. The average Bonchev–Trinajstić information content (AvgIpc) is 2.29. The molecule has 0 aromatic heterocycles. The molecule has 0 fully saturated rings. The molecular weight excluding hydrogens is 269 g/mol. The molecule has 0 spiro atoms. The van der Waals surface area contributed by atoms with Crippen molar-refractivity contribution in [3.05, 3.63) is 46.7 Å². The normalized spacial score (nSPS) is 12.4. The number of hydrogen-bond acceptors (Lipinski definition) is 1. The summed E-state index contributed by atoms with van der Waals surface area (Å²) in [5, 5.41) is 3.25. The molecule has 0 amide bonds. The molecule has 1 unspecified atom stereocenters. The highest BCUT2D eigenvalue weighted by molar-refractivity contribution is 9.10. The molecule has 0 aliphatic heterocycles. The third kappa shape index (κ3) is 3.72. The molecule has 88 valence electrons. The Bertz CT molecular complexity index is 352. The standard InChI is InChI=1S/C13H17BrFN/c1-3-4-5-6-13(16-2)10-7-8-12(15)11(14)9-10/h3,7-9,13,16H,1,4-6H2,2H3. The van der Waals surface area contributed by atoms with Gasteiger partial charge in [-0.1, -0.05) is 12.1 Å². The summed E-state index contributed by atoms with van der Waals surface area (Å²) >= 11 is 3.21. The molecule has 0 bridgehead atoms. The van der Waals surface area contributed by atoms with E-state index in [0.717, 1.165) is 24.8 Å². The number of hydrogen-bond donors (Lipinski definition) is 1. The fourth-order valence-corrected chi connectivity index (χ4v) is 2.07. The average molecular weight is 286 g/mol. The Morgan fingerprint density at radius 2 is 2.31 bits per heavy atom. The van der Waals surface area contributed by atoms with Crippen molar-refractivity contribution in [2.24, 2.45) is 0 Å². The predicted molar refractivity (Wildman–Crippen MR) is 69.9 cm³/mol. The number of halogens is 2. The Hall–Kier alpha value is -0.670. The molecule has 0 aliphatic rings. The van der Waals surface area contributed by atoms with Crippen LogP contribution in [0.15, 0.2) is 35.3 Å². The van der Waals surface area contributed by atoms with E-state index >= 15 is 0 Å². The Morgan fingerprint density at radius 3 is 2.88 bits per heavy atom. The van der Waals surface area contributed by atoms with Crippen LogP contribution in [-0.2, 0) is 0 Å². The lowest BCUT2D eigenvalue weighted by molar-refractivity contribution is 0.527. The van der Waals surface area contributed by atoms with Crippen molar-refractivity contribution in [3.8, 4) is 0 Å². The maximum absolute atomic E-state index is 13.1. The van der Waals surface area contributed by atoms with E-state index in [1.807, 2.05) is 25.3 Å². The summed E-state index contributed by atoms with van der Waals surface area (Å²) in [4.78, 5) is 0. The minimum atomic E-state index is -0.218. The maximum Gasteiger partial charge on any atom is 0.137 e. The molecule has 1 rings (SSSR count). The van der Waals surface area contributed by atoms with Crippen LogP contribution in [0.2, 0.25) is 0 Å². The number of unbranched alkanes of at least 4 members (excludes halogenated alkanes) is 1. The van der Waals surface area contributed by atoms with Gasteiger partial charge >= 0.3 is 0 Å². The first-order valence-corrected chi connectivity index (χ1v) is 6.21. The smallest absolute Gasteiger partial charge is 0.137 e. The SMILES string of the molecule is C=CCCCC(NC)c1ccc(F)c(Br)c1. The van der Waals surface area contributed by atoms with E-state index < -0.39 is 0 Å². The lowest BCUT2D eigenvalue weighted by Crippen LogP contribution is -2.16. The first kappa shape index (κ1) is 13.4. The molecule has 0 saturated heterocycles. The molecule has 0 heterocycles. The Morgan fingerprint density at radius 1 is 1.56 bits per heavy atom. The topological polar surface area (TPSA) is 12.0 Å². The van der Waals surface area contributed by atoms with Gasteiger partial charge in [-0.25, -0.2) is 4.39 Å². The minimum Gasteiger partial charge on any atom is -0.313 e. The number of benzene rings is 1. The first-order chi connectivity index (χ1) is 7.69. The van der Waals surface area contributed by atoms with Gasteiger partial charge in [-0.05, 0) is 59.9 Å². The third-order valence-corrected chi connectivity index (χ3v) is 3.20. The van der Waals surface area contributed by atoms with Crippen LogP contribution in [0.25, 0.3) is 0 Å². The summed E-state index contributed by atoms with van der Waals surface area (Å²) in [6.45, 7) is 3.70. The molecule has 1 aromatic carbocycles. The number of nitrogens with one attached hydrogen (secondary N) is 1. The van der Waals surface area contributed by atoms with Crippen LogP contribution in [0.1, 0.15) is 30.9 Å². The molecule has 0 radical (unpaired) electrons. The first-order valence-electron chi connectivity index (χ1n) is 5.42.